The van der Waals surface area contributed by atoms with Crippen LogP contribution in [0.2, 0.25) is 0 Å². The minimum atomic E-state index is -3.25. The van der Waals surface area contributed by atoms with Gasteiger partial charge in [0.2, 0.25) is 5.91 Å². The Hall–Kier alpha value is -1.40. The lowest BCUT2D eigenvalue weighted by Gasteiger charge is -2.11. The summed E-state index contributed by atoms with van der Waals surface area (Å²) in [6, 6.07) is 6.11. The van der Waals surface area contributed by atoms with Crippen molar-refractivity contribution in [2.24, 2.45) is 0 Å². The minimum Gasteiger partial charge on any atom is -0.325 e. The van der Waals surface area contributed by atoms with E-state index in [1.165, 1.54) is 12.1 Å². The highest BCUT2D eigenvalue weighted by Gasteiger charge is 2.22. The molecule has 1 aliphatic heterocycles. The van der Waals surface area contributed by atoms with Crippen molar-refractivity contribution in [2.75, 3.05) is 18.1 Å². The molecule has 1 saturated heterocycles. The van der Waals surface area contributed by atoms with Crippen LogP contribution in [0.5, 0.6) is 0 Å². The number of hydrogen-bond acceptors (Lipinski definition) is 4. The Morgan fingerprint density at radius 2 is 2.22 bits per heavy atom. The van der Waals surface area contributed by atoms with Gasteiger partial charge in [-0.2, -0.15) is 0 Å². The molecule has 1 aromatic rings. The predicted molar refractivity (Wildman–Crippen MR) is 69.2 cm³/mol. The van der Waals surface area contributed by atoms with Gasteiger partial charge in [-0.05, 0) is 37.6 Å². The number of anilines is 1. The summed E-state index contributed by atoms with van der Waals surface area (Å²) in [5, 5.41) is 5.82. The second-order valence-electron chi connectivity index (χ2n) is 4.44. The van der Waals surface area contributed by atoms with Gasteiger partial charge in [0.15, 0.2) is 9.84 Å². The van der Waals surface area contributed by atoms with Crippen molar-refractivity contribution in [2.45, 2.75) is 23.8 Å². The number of carbonyl (C=O) groups is 1. The first-order chi connectivity index (χ1) is 8.47. The van der Waals surface area contributed by atoms with Crippen molar-refractivity contribution in [3.05, 3.63) is 24.3 Å². The zero-order chi connectivity index (χ0) is 13.2. The molecule has 1 heterocycles. The molecule has 0 spiro atoms. The molecule has 6 heteroatoms. The summed E-state index contributed by atoms with van der Waals surface area (Å²) in [7, 11) is -3.25. The van der Waals surface area contributed by atoms with E-state index in [-0.39, 0.29) is 16.8 Å². The van der Waals surface area contributed by atoms with E-state index >= 15 is 0 Å². The molecule has 2 N–H and O–H groups in total. The van der Waals surface area contributed by atoms with Crippen LogP contribution in [-0.4, -0.2) is 33.2 Å². The quantitative estimate of drug-likeness (QED) is 0.849. The summed E-state index contributed by atoms with van der Waals surface area (Å²) in [6.45, 7) is 0.849. The Kier molecular flexibility index (Phi) is 3.68. The Morgan fingerprint density at radius 3 is 2.83 bits per heavy atom. The number of sulfone groups is 1. The topological polar surface area (TPSA) is 75.3 Å². The second kappa shape index (κ2) is 5.07. The van der Waals surface area contributed by atoms with E-state index in [1.807, 2.05) is 0 Å². The van der Waals surface area contributed by atoms with Gasteiger partial charge >= 0.3 is 0 Å². The van der Waals surface area contributed by atoms with E-state index < -0.39 is 9.84 Å². The van der Waals surface area contributed by atoms with E-state index in [9.17, 15) is 13.2 Å². The first-order valence-electron chi connectivity index (χ1n) is 5.81. The van der Waals surface area contributed by atoms with Crippen molar-refractivity contribution in [1.82, 2.24) is 5.32 Å². The van der Waals surface area contributed by atoms with E-state index in [0.717, 1.165) is 25.6 Å². The van der Waals surface area contributed by atoms with Crippen LogP contribution in [0, 0.1) is 0 Å². The zero-order valence-electron chi connectivity index (χ0n) is 10.1. The molecule has 1 amide bonds. The van der Waals surface area contributed by atoms with E-state index in [1.54, 1.807) is 12.1 Å². The lowest BCUT2D eigenvalue weighted by atomic mass is 10.2. The van der Waals surface area contributed by atoms with Crippen molar-refractivity contribution in [3.8, 4) is 0 Å². The summed E-state index contributed by atoms with van der Waals surface area (Å²) < 4.78 is 22.8. The second-order valence-corrected chi connectivity index (χ2v) is 6.45. The molecule has 0 radical (unpaired) electrons. The predicted octanol–water partition coefficient (Wildman–Crippen LogP) is 0.781. The average Bonchev–Trinajstić information content (AvgIpc) is 2.81. The van der Waals surface area contributed by atoms with Crippen LogP contribution in [-0.2, 0) is 14.6 Å². The molecule has 0 unspecified atom stereocenters. The highest BCUT2D eigenvalue weighted by atomic mass is 32.2. The largest absolute Gasteiger partial charge is 0.325 e. The molecule has 18 heavy (non-hydrogen) atoms. The Labute approximate surface area is 107 Å². The number of nitrogens with one attached hydrogen (secondary N) is 2. The standard InChI is InChI=1S/C12H16N2O3S/c1-18(16,17)10-5-2-4-9(8-10)14-12(15)11-6-3-7-13-11/h2,4-5,8,11,13H,3,6-7H2,1H3,(H,14,15)/t11-/m0/s1. The van der Waals surface area contributed by atoms with Gasteiger partial charge in [-0.1, -0.05) is 6.07 Å². The third kappa shape index (κ3) is 3.08. The highest BCUT2D eigenvalue weighted by Crippen LogP contribution is 2.16. The SMILES string of the molecule is CS(=O)(=O)c1cccc(NC(=O)[C@@H]2CCCN2)c1. The van der Waals surface area contributed by atoms with Gasteiger partial charge in [0.1, 0.15) is 0 Å². The van der Waals surface area contributed by atoms with Gasteiger partial charge in [-0.25, -0.2) is 8.42 Å². The number of benzene rings is 1. The van der Waals surface area contributed by atoms with Gasteiger partial charge in [0.05, 0.1) is 10.9 Å². The minimum absolute atomic E-state index is 0.113. The maximum absolute atomic E-state index is 11.9. The summed E-state index contributed by atoms with van der Waals surface area (Å²) in [5.41, 5.74) is 0.511. The molecular weight excluding hydrogens is 252 g/mol. The van der Waals surface area contributed by atoms with Crippen molar-refractivity contribution >= 4 is 21.4 Å². The van der Waals surface area contributed by atoms with E-state index in [2.05, 4.69) is 10.6 Å². The smallest absolute Gasteiger partial charge is 0.241 e. The van der Waals surface area contributed by atoms with Gasteiger partial charge in [-0.15, -0.1) is 0 Å². The summed E-state index contributed by atoms with van der Waals surface area (Å²) in [5.74, 6) is -0.113. The number of hydrogen-bond donors (Lipinski definition) is 2. The maximum atomic E-state index is 11.9. The zero-order valence-corrected chi connectivity index (χ0v) is 11.0. The van der Waals surface area contributed by atoms with Crippen LogP contribution in [0.3, 0.4) is 0 Å². The molecule has 2 rings (SSSR count). The first kappa shape index (κ1) is 13.0. The molecule has 0 saturated carbocycles. The molecule has 1 atom stereocenters. The molecule has 1 aliphatic rings. The summed E-state index contributed by atoms with van der Waals surface area (Å²) in [4.78, 5) is 12.1. The molecule has 0 bridgehead atoms. The highest BCUT2D eigenvalue weighted by molar-refractivity contribution is 7.90. The average molecular weight is 268 g/mol. The van der Waals surface area contributed by atoms with Gasteiger partial charge in [0.25, 0.3) is 0 Å². The molecule has 0 aromatic heterocycles. The summed E-state index contributed by atoms with van der Waals surface area (Å²) in [6.07, 6.45) is 2.95. The van der Waals surface area contributed by atoms with Crippen LogP contribution in [0.25, 0.3) is 0 Å². The van der Waals surface area contributed by atoms with Crippen molar-refractivity contribution in [1.29, 1.82) is 0 Å². The van der Waals surface area contributed by atoms with Gasteiger partial charge in [-0.3, -0.25) is 4.79 Å². The number of carbonyl (C=O) groups excluding carboxylic acids is 1. The molecule has 98 valence electrons. The molecular formula is C12H16N2O3S. The summed E-state index contributed by atoms with van der Waals surface area (Å²) >= 11 is 0. The first-order valence-corrected chi connectivity index (χ1v) is 7.70. The lowest BCUT2D eigenvalue weighted by molar-refractivity contribution is -0.117. The third-order valence-corrected chi connectivity index (χ3v) is 4.02. The lowest BCUT2D eigenvalue weighted by Crippen LogP contribution is -2.35. The molecule has 1 aromatic carbocycles. The monoisotopic (exact) mass is 268 g/mol. The Morgan fingerprint density at radius 1 is 1.44 bits per heavy atom. The fourth-order valence-electron chi connectivity index (χ4n) is 1.94. The molecule has 0 aliphatic carbocycles. The number of rotatable bonds is 3. The maximum Gasteiger partial charge on any atom is 0.241 e. The Balaban J connectivity index is 2.12. The van der Waals surface area contributed by atoms with E-state index in [0.29, 0.717) is 5.69 Å². The third-order valence-electron chi connectivity index (χ3n) is 2.91. The van der Waals surface area contributed by atoms with Crippen LogP contribution in [0.4, 0.5) is 5.69 Å². The fraction of sp³-hybridized carbons (Fsp3) is 0.417. The fourth-order valence-corrected chi connectivity index (χ4v) is 2.61. The van der Waals surface area contributed by atoms with Crippen LogP contribution >= 0.6 is 0 Å². The molecule has 5 nitrogen and oxygen atoms in total. The Bertz CT molecular complexity index is 548. The van der Waals surface area contributed by atoms with Crippen LogP contribution < -0.4 is 10.6 Å². The molecule has 1 fully saturated rings. The number of amides is 1. The van der Waals surface area contributed by atoms with Gasteiger partial charge < -0.3 is 10.6 Å². The van der Waals surface area contributed by atoms with E-state index in [4.69, 9.17) is 0 Å². The van der Waals surface area contributed by atoms with Crippen LogP contribution in [0.1, 0.15) is 12.8 Å². The van der Waals surface area contributed by atoms with Gasteiger partial charge in [0, 0.05) is 11.9 Å². The van der Waals surface area contributed by atoms with Crippen molar-refractivity contribution in [3.63, 3.8) is 0 Å². The normalized spacial score (nSPS) is 19.7. The van der Waals surface area contributed by atoms with Crippen molar-refractivity contribution < 1.29 is 13.2 Å². The van der Waals surface area contributed by atoms with Crippen LogP contribution in [0.15, 0.2) is 29.2 Å².